The van der Waals surface area contributed by atoms with Crippen LogP contribution >= 0.6 is 31.9 Å². The number of nitrogens with two attached hydrogens (primary N) is 1. The highest BCUT2D eigenvalue weighted by Crippen LogP contribution is 2.25. The second-order valence-corrected chi connectivity index (χ2v) is 7.97. The summed E-state index contributed by atoms with van der Waals surface area (Å²) in [6, 6.07) is 12.4. The summed E-state index contributed by atoms with van der Waals surface area (Å²) in [5, 5.41) is 0. The van der Waals surface area contributed by atoms with Crippen molar-refractivity contribution in [2.75, 3.05) is 12.3 Å². The van der Waals surface area contributed by atoms with Crippen LogP contribution in [0, 0.1) is 0 Å². The third kappa shape index (κ3) is 4.54. The van der Waals surface area contributed by atoms with Crippen LogP contribution in [0.5, 0.6) is 0 Å². The Morgan fingerprint density at radius 3 is 2.38 bits per heavy atom. The van der Waals surface area contributed by atoms with Crippen LogP contribution < -0.4 is 10.5 Å². The third-order valence-electron chi connectivity index (χ3n) is 2.87. The van der Waals surface area contributed by atoms with Crippen LogP contribution in [0.4, 0.5) is 5.69 Å². The van der Waals surface area contributed by atoms with E-state index in [0.717, 1.165) is 5.56 Å². The summed E-state index contributed by atoms with van der Waals surface area (Å²) < 4.78 is 28.4. The molecule has 3 N–H and O–H groups in total. The van der Waals surface area contributed by atoms with E-state index in [2.05, 4.69) is 36.6 Å². The van der Waals surface area contributed by atoms with E-state index < -0.39 is 10.0 Å². The Morgan fingerprint density at radius 2 is 1.71 bits per heavy atom. The van der Waals surface area contributed by atoms with Crippen molar-refractivity contribution < 1.29 is 8.42 Å². The summed E-state index contributed by atoms with van der Waals surface area (Å²) in [5.41, 5.74) is 7.33. The molecule has 0 saturated heterocycles. The molecule has 0 atom stereocenters. The molecule has 2 rings (SSSR count). The van der Waals surface area contributed by atoms with E-state index in [-0.39, 0.29) is 4.90 Å². The first kappa shape index (κ1) is 16.5. The van der Waals surface area contributed by atoms with Gasteiger partial charge < -0.3 is 5.73 Å². The Kier molecular flexibility index (Phi) is 5.43. The molecular weight excluding hydrogens is 420 g/mol. The summed E-state index contributed by atoms with van der Waals surface area (Å²) in [6.45, 7) is 0.325. The zero-order valence-corrected chi connectivity index (χ0v) is 15.0. The molecule has 0 heterocycles. The average molecular weight is 434 g/mol. The summed E-state index contributed by atoms with van der Waals surface area (Å²) >= 11 is 6.53. The van der Waals surface area contributed by atoms with Crippen LogP contribution in [0.3, 0.4) is 0 Å². The molecule has 0 bridgehead atoms. The largest absolute Gasteiger partial charge is 0.399 e. The van der Waals surface area contributed by atoms with E-state index in [1.54, 1.807) is 30.3 Å². The summed E-state index contributed by atoms with van der Waals surface area (Å²) in [7, 11) is -3.54. The number of benzene rings is 2. The van der Waals surface area contributed by atoms with E-state index in [9.17, 15) is 8.42 Å². The van der Waals surface area contributed by atoms with Gasteiger partial charge in [0.1, 0.15) is 0 Å². The molecule has 0 aliphatic carbocycles. The van der Waals surface area contributed by atoms with Gasteiger partial charge in [-0.2, -0.15) is 0 Å². The van der Waals surface area contributed by atoms with E-state index in [4.69, 9.17) is 5.73 Å². The maximum absolute atomic E-state index is 12.3. The molecule has 0 saturated carbocycles. The Morgan fingerprint density at radius 1 is 1.05 bits per heavy atom. The van der Waals surface area contributed by atoms with Crippen LogP contribution in [0.15, 0.2) is 56.3 Å². The molecule has 0 unspecified atom stereocenters. The quantitative estimate of drug-likeness (QED) is 0.710. The third-order valence-corrected chi connectivity index (χ3v) is 5.82. The fourth-order valence-corrected chi connectivity index (χ4v) is 4.31. The second kappa shape index (κ2) is 6.91. The monoisotopic (exact) mass is 432 g/mol. The second-order valence-electron chi connectivity index (χ2n) is 4.46. The van der Waals surface area contributed by atoms with E-state index in [1.165, 1.54) is 0 Å². The van der Waals surface area contributed by atoms with Gasteiger partial charge in [-0.15, -0.1) is 0 Å². The first-order valence-electron chi connectivity index (χ1n) is 6.17. The van der Waals surface area contributed by atoms with Crippen LogP contribution in [0.1, 0.15) is 5.56 Å². The van der Waals surface area contributed by atoms with Gasteiger partial charge in [0.25, 0.3) is 0 Å². The van der Waals surface area contributed by atoms with Gasteiger partial charge in [0.2, 0.25) is 10.0 Å². The van der Waals surface area contributed by atoms with Gasteiger partial charge in [-0.05, 0) is 58.2 Å². The van der Waals surface area contributed by atoms with Gasteiger partial charge in [0, 0.05) is 21.2 Å². The molecule has 0 aliphatic rings. The lowest BCUT2D eigenvalue weighted by atomic mass is 10.1. The fraction of sp³-hybridized carbons (Fsp3) is 0.143. The molecule has 7 heteroatoms. The molecule has 0 aliphatic heterocycles. The molecule has 0 amide bonds. The lowest BCUT2D eigenvalue weighted by Gasteiger charge is -2.09. The van der Waals surface area contributed by atoms with Gasteiger partial charge in [0.15, 0.2) is 0 Å². The van der Waals surface area contributed by atoms with Crippen LogP contribution in [-0.2, 0) is 16.4 Å². The number of halogens is 2. The maximum Gasteiger partial charge on any atom is 0.241 e. The standard InChI is InChI=1S/C14H14Br2N2O2S/c15-11-3-6-13(16)14(9-11)21(19,20)18-8-7-10-1-4-12(17)5-2-10/h1-6,9,18H,7-8,17H2. The van der Waals surface area contributed by atoms with E-state index >= 15 is 0 Å². The maximum atomic E-state index is 12.3. The Bertz CT molecular complexity index is 731. The SMILES string of the molecule is Nc1ccc(CCNS(=O)(=O)c2cc(Br)ccc2Br)cc1. The first-order valence-corrected chi connectivity index (χ1v) is 9.24. The fourth-order valence-electron chi connectivity index (χ4n) is 1.77. The van der Waals surface area contributed by atoms with Gasteiger partial charge in [-0.25, -0.2) is 13.1 Å². The lowest BCUT2D eigenvalue weighted by Crippen LogP contribution is -2.26. The van der Waals surface area contributed by atoms with E-state index in [1.807, 2.05) is 12.1 Å². The molecule has 0 aromatic heterocycles. The smallest absolute Gasteiger partial charge is 0.241 e. The summed E-state index contributed by atoms with van der Waals surface area (Å²) in [5.74, 6) is 0. The van der Waals surface area contributed by atoms with Crippen molar-refractivity contribution in [3.05, 3.63) is 57.0 Å². The highest BCUT2D eigenvalue weighted by atomic mass is 79.9. The highest BCUT2D eigenvalue weighted by molar-refractivity contribution is 9.11. The normalized spacial score (nSPS) is 11.5. The number of hydrogen-bond acceptors (Lipinski definition) is 3. The van der Waals surface area contributed by atoms with Crippen molar-refractivity contribution in [3.8, 4) is 0 Å². The van der Waals surface area contributed by atoms with Gasteiger partial charge in [-0.1, -0.05) is 28.1 Å². The van der Waals surface area contributed by atoms with Crippen molar-refractivity contribution in [2.45, 2.75) is 11.3 Å². The van der Waals surface area contributed by atoms with E-state index in [0.29, 0.717) is 27.6 Å². The average Bonchev–Trinajstić information content (AvgIpc) is 2.43. The van der Waals surface area contributed by atoms with Gasteiger partial charge in [-0.3, -0.25) is 0 Å². The highest BCUT2D eigenvalue weighted by Gasteiger charge is 2.17. The van der Waals surface area contributed by atoms with Crippen LogP contribution in [0.25, 0.3) is 0 Å². The summed E-state index contributed by atoms with van der Waals surface area (Å²) in [6.07, 6.45) is 0.602. The zero-order chi connectivity index (χ0) is 15.5. The Labute approximate surface area is 141 Å². The number of hydrogen-bond donors (Lipinski definition) is 2. The number of anilines is 1. The zero-order valence-electron chi connectivity index (χ0n) is 11.0. The molecule has 0 spiro atoms. The number of nitrogen functional groups attached to an aromatic ring is 1. The summed E-state index contributed by atoms with van der Waals surface area (Å²) in [4.78, 5) is 0.217. The predicted octanol–water partition coefficient (Wildman–Crippen LogP) is 3.31. The minimum atomic E-state index is -3.54. The number of sulfonamides is 1. The molecule has 21 heavy (non-hydrogen) atoms. The molecule has 0 radical (unpaired) electrons. The van der Waals surface area contributed by atoms with Crippen LogP contribution in [-0.4, -0.2) is 15.0 Å². The molecule has 2 aromatic rings. The van der Waals surface area contributed by atoms with Crippen molar-refractivity contribution >= 4 is 47.6 Å². The van der Waals surface area contributed by atoms with Crippen molar-refractivity contribution in [1.82, 2.24) is 4.72 Å². The molecule has 0 fully saturated rings. The topological polar surface area (TPSA) is 72.2 Å². The predicted molar refractivity (Wildman–Crippen MR) is 91.6 cm³/mol. The molecule has 4 nitrogen and oxygen atoms in total. The first-order chi connectivity index (χ1) is 9.88. The van der Waals surface area contributed by atoms with Crippen molar-refractivity contribution in [2.24, 2.45) is 0 Å². The number of nitrogens with one attached hydrogen (secondary N) is 1. The molecule has 112 valence electrons. The van der Waals surface area contributed by atoms with Crippen molar-refractivity contribution in [1.29, 1.82) is 0 Å². The number of rotatable bonds is 5. The molecule has 2 aromatic carbocycles. The minimum absolute atomic E-state index is 0.217. The van der Waals surface area contributed by atoms with Crippen LogP contribution in [0.2, 0.25) is 0 Å². The Balaban J connectivity index is 2.04. The minimum Gasteiger partial charge on any atom is -0.399 e. The lowest BCUT2D eigenvalue weighted by molar-refractivity contribution is 0.581. The van der Waals surface area contributed by atoms with Crippen molar-refractivity contribution in [3.63, 3.8) is 0 Å². The van der Waals surface area contributed by atoms with Gasteiger partial charge >= 0.3 is 0 Å². The Hall–Kier alpha value is -0.890. The van der Waals surface area contributed by atoms with Gasteiger partial charge in [0.05, 0.1) is 4.90 Å². The molecular formula is C14H14Br2N2O2S.